The lowest BCUT2D eigenvalue weighted by Gasteiger charge is -2.45. The predicted octanol–water partition coefficient (Wildman–Crippen LogP) is 3.26. The Labute approximate surface area is 116 Å². The number of methoxy groups -OCH3 is 1. The molecule has 2 rings (SSSR count). The molecule has 1 aliphatic carbocycles. The molecule has 0 radical (unpaired) electrons. The van der Waals surface area contributed by atoms with Crippen LogP contribution < -0.4 is 15.8 Å². The maximum Gasteiger partial charge on any atom is 0.120 e. The molecule has 1 aliphatic rings. The standard InChI is InChI=1S/C16H26N2O/c1-12-7-8-13(2)16(10-12,11-17)18-14-5-4-6-15(9-14)19-3/h4-6,9,12-13,18H,7-8,10-11,17H2,1-3H3. The largest absolute Gasteiger partial charge is 0.497 e. The van der Waals surface area contributed by atoms with E-state index in [-0.39, 0.29) is 5.54 Å². The van der Waals surface area contributed by atoms with Gasteiger partial charge in [0.05, 0.1) is 12.6 Å². The summed E-state index contributed by atoms with van der Waals surface area (Å²) in [6.07, 6.45) is 3.69. The third kappa shape index (κ3) is 3.03. The van der Waals surface area contributed by atoms with E-state index < -0.39 is 0 Å². The Kier molecular flexibility index (Phi) is 4.35. The van der Waals surface area contributed by atoms with Gasteiger partial charge < -0.3 is 15.8 Å². The lowest BCUT2D eigenvalue weighted by Crippen LogP contribution is -2.54. The van der Waals surface area contributed by atoms with E-state index >= 15 is 0 Å². The van der Waals surface area contributed by atoms with Crippen molar-refractivity contribution in [1.29, 1.82) is 0 Å². The van der Waals surface area contributed by atoms with Crippen LogP contribution in [-0.4, -0.2) is 19.2 Å². The van der Waals surface area contributed by atoms with Gasteiger partial charge in [-0.2, -0.15) is 0 Å². The number of nitrogens with two attached hydrogens (primary N) is 1. The molecule has 0 aliphatic heterocycles. The van der Waals surface area contributed by atoms with Gasteiger partial charge in [-0.1, -0.05) is 26.3 Å². The minimum absolute atomic E-state index is 0.0179. The number of hydrogen-bond acceptors (Lipinski definition) is 3. The first-order chi connectivity index (χ1) is 9.09. The highest BCUT2D eigenvalue weighted by atomic mass is 16.5. The van der Waals surface area contributed by atoms with Gasteiger partial charge in [-0.15, -0.1) is 0 Å². The maximum atomic E-state index is 6.12. The van der Waals surface area contributed by atoms with Gasteiger partial charge in [-0.25, -0.2) is 0 Å². The van der Waals surface area contributed by atoms with Crippen molar-refractivity contribution in [3.05, 3.63) is 24.3 Å². The molecule has 19 heavy (non-hydrogen) atoms. The first kappa shape index (κ1) is 14.2. The van der Waals surface area contributed by atoms with E-state index in [1.807, 2.05) is 18.2 Å². The van der Waals surface area contributed by atoms with Crippen molar-refractivity contribution in [2.24, 2.45) is 17.6 Å². The fraction of sp³-hybridized carbons (Fsp3) is 0.625. The van der Waals surface area contributed by atoms with Crippen molar-refractivity contribution in [3.63, 3.8) is 0 Å². The second-order valence-electron chi connectivity index (χ2n) is 6.00. The molecular formula is C16H26N2O. The summed E-state index contributed by atoms with van der Waals surface area (Å²) in [5, 5.41) is 3.69. The zero-order chi connectivity index (χ0) is 13.9. The SMILES string of the molecule is COc1cccc(NC2(CN)CC(C)CCC2C)c1. The number of rotatable bonds is 4. The fourth-order valence-electron chi connectivity index (χ4n) is 3.23. The Bertz CT molecular complexity index is 421. The zero-order valence-corrected chi connectivity index (χ0v) is 12.3. The molecule has 1 fully saturated rings. The van der Waals surface area contributed by atoms with Crippen LogP contribution in [0, 0.1) is 11.8 Å². The third-order valence-electron chi connectivity index (χ3n) is 4.58. The van der Waals surface area contributed by atoms with Crippen LogP contribution in [0.2, 0.25) is 0 Å². The van der Waals surface area contributed by atoms with Gasteiger partial charge in [0.25, 0.3) is 0 Å². The van der Waals surface area contributed by atoms with Gasteiger partial charge in [-0.05, 0) is 36.8 Å². The van der Waals surface area contributed by atoms with E-state index in [9.17, 15) is 0 Å². The van der Waals surface area contributed by atoms with Crippen LogP contribution in [0.25, 0.3) is 0 Å². The number of ether oxygens (including phenoxy) is 1. The van der Waals surface area contributed by atoms with Crippen molar-refractivity contribution < 1.29 is 4.74 Å². The van der Waals surface area contributed by atoms with Crippen LogP contribution in [0.4, 0.5) is 5.69 Å². The van der Waals surface area contributed by atoms with E-state index in [0.29, 0.717) is 12.5 Å². The van der Waals surface area contributed by atoms with Gasteiger partial charge in [0, 0.05) is 18.3 Å². The Balaban J connectivity index is 2.21. The Morgan fingerprint density at radius 1 is 1.37 bits per heavy atom. The Morgan fingerprint density at radius 3 is 2.84 bits per heavy atom. The number of benzene rings is 1. The Morgan fingerprint density at radius 2 is 2.16 bits per heavy atom. The topological polar surface area (TPSA) is 47.3 Å². The van der Waals surface area contributed by atoms with E-state index in [1.54, 1.807) is 7.11 Å². The van der Waals surface area contributed by atoms with Gasteiger partial charge in [0.1, 0.15) is 5.75 Å². The molecule has 0 heterocycles. The van der Waals surface area contributed by atoms with Crippen LogP contribution in [0.1, 0.15) is 33.1 Å². The third-order valence-corrected chi connectivity index (χ3v) is 4.58. The highest BCUT2D eigenvalue weighted by Crippen LogP contribution is 2.39. The van der Waals surface area contributed by atoms with E-state index in [2.05, 4.69) is 25.2 Å². The summed E-state index contributed by atoms with van der Waals surface area (Å²) in [7, 11) is 1.70. The van der Waals surface area contributed by atoms with Gasteiger partial charge in [0.2, 0.25) is 0 Å². The minimum atomic E-state index is 0.0179. The molecule has 1 saturated carbocycles. The van der Waals surface area contributed by atoms with Gasteiger partial charge in [-0.3, -0.25) is 0 Å². The summed E-state index contributed by atoms with van der Waals surface area (Å²) in [6, 6.07) is 8.12. The van der Waals surface area contributed by atoms with Crippen molar-refractivity contribution in [2.45, 2.75) is 38.6 Å². The monoisotopic (exact) mass is 262 g/mol. The molecule has 0 saturated heterocycles. The van der Waals surface area contributed by atoms with Gasteiger partial charge in [0.15, 0.2) is 0 Å². The van der Waals surface area contributed by atoms with Crippen molar-refractivity contribution in [2.75, 3.05) is 19.0 Å². The zero-order valence-electron chi connectivity index (χ0n) is 12.3. The maximum absolute atomic E-state index is 6.12. The summed E-state index contributed by atoms with van der Waals surface area (Å²) in [6.45, 7) is 5.31. The molecule has 0 bridgehead atoms. The molecule has 1 aromatic carbocycles. The van der Waals surface area contributed by atoms with Crippen LogP contribution in [0.15, 0.2) is 24.3 Å². The second kappa shape index (κ2) is 5.83. The summed E-state index contributed by atoms with van der Waals surface area (Å²) in [5.41, 5.74) is 7.24. The number of anilines is 1. The van der Waals surface area contributed by atoms with E-state index in [4.69, 9.17) is 10.5 Å². The average Bonchev–Trinajstić information content (AvgIpc) is 2.43. The lowest BCUT2D eigenvalue weighted by atomic mass is 9.69. The molecule has 3 N–H and O–H groups in total. The smallest absolute Gasteiger partial charge is 0.120 e. The van der Waals surface area contributed by atoms with Crippen LogP contribution in [0.5, 0.6) is 5.75 Å². The lowest BCUT2D eigenvalue weighted by molar-refractivity contribution is 0.188. The second-order valence-corrected chi connectivity index (χ2v) is 6.00. The summed E-state index contributed by atoms with van der Waals surface area (Å²) < 4.78 is 5.29. The summed E-state index contributed by atoms with van der Waals surface area (Å²) >= 11 is 0. The van der Waals surface area contributed by atoms with E-state index in [0.717, 1.165) is 23.8 Å². The summed E-state index contributed by atoms with van der Waals surface area (Å²) in [4.78, 5) is 0. The summed E-state index contributed by atoms with van der Waals surface area (Å²) in [5.74, 6) is 2.21. The van der Waals surface area contributed by atoms with Crippen molar-refractivity contribution in [1.82, 2.24) is 0 Å². The quantitative estimate of drug-likeness (QED) is 0.875. The molecule has 0 spiro atoms. The Hall–Kier alpha value is -1.22. The number of hydrogen-bond donors (Lipinski definition) is 2. The minimum Gasteiger partial charge on any atom is -0.497 e. The van der Waals surface area contributed by atoms with Crippen LogP contribution >= 0.6 is 0 Å². The molecule has 3 heteroatoms. The first-order valence-corrected chi connectivity index (χ1v) is 7.22. The molecule has 3 unspecified atom stereocenters. The van der Waals surface area contributed by atoms with Crippen molar-refractivity contribution in [3.8, 4) is 5.75 Å². The van der Waals surface area contributed by atoms with Crippen molar-refractivity contribution >= 4 is 5.69 Å². The van der Waals surface area contributed by atoms with Gasteiger partial charge >= 0.3 is 0 Å². The van der Waals surface area contributed by atoms with Crippen LogP contribution in [-0.2, 0) is 0 Å². The molecule has 106 valence electrons. The highest BCUT2D eigenvalue weighted by molar-refractivity contribution is 5.50. The van der Waals surface area contributed by atoms with E-state index in [1.165, 1.54) is 12.8 Å². The molecule has 3 atom stereocenters. The molecular weight excluding hydrogens is 236 g/mol. The average molecular weight is 262 g/mol. The molecule has 0 amide bonds. The predicted molar refractivity (Wildman–Crippen MR) is 80.6 cm³/mol. The molecule has 3 nitrogen and oxygen atoms in total. The van der Waals surface area contributed by atoms with Crippen LogP contribution in [0.3, 0.4) is 0 Å². The first-order valence-electron chi connectivity index (χ1n) is 7.22. The molecule has 1 aromatic rings. The normalized spacial score (nSPS) is 30.9. The fourth-order valence-corrected chi connectivity index (χ4v) is 3.23. The number of nitrogens with one attached hydrogen (secondary N) is 1. The molecule has 0 aromatic heterocycles. The highest BCUT2D eigenvalue weighted by Gasteiger charge is 2.39.